The van der Waals surface area contributed by atoms with E-state index < -0.39 is 11.7 Å². The van der Waals surface area contributed by atoms with Crippen LogP contribution < -0.4 is 4.74 Å². The van der Waals surface area contributed by atoms with E-state index in [9.17, 15) is 18.0 Å². The van der Waals surface area contributed by atoms with E-state index in [1.54, 1.807) is 14.0 Å². The first-order chi connectivity index (χ1) is 14.6. The SMILES string of the molecule is C=C/C(=C\C=C(/C)SCC(C)=O)C(F)(F)F.CC.CCCCc1cccc(OC)c1C. The number of unbranched alkanes of at least 4 members (excludes halogenated alkanes) is 1. The number of rotatable bonds is 9. The Morgan fingerprint density at radius 3 is 2.26 bits per heavy atom. The van der Waals surface area contributed by atoms with Gasteiger partial charge in [0.1, 0.15) is 11.5 Å². The van der Waals surface area contributed by atoms with Crippen molar-refractivity contribution in [3.05, 3.63) is 64.6 Å². The van der Waals surface area contributed by atoms with Gasteiger partial charge in [0.2, 0.25) is 0 Å². The lowest BCUT2D eigenvalue weighted by Crippen LogP contribution is -2.09. The molecule has 6 heteroatoms. The van der Waals surface area contributed by atoms with Crippen molar-refractivity contribution in [2.45, 2.75) is 67.0 Å². The topological polar surface area (TPSA) is 26.3 Å². The summed E-state index contributed by atoms with van der Waals surface area (Å²) in [7, 11) is 1.73. The molecule has 0 radical (unpaired) electrons. The Labute approximate surface area is 190 Å². The minimum absolute atomic E-state index is 0.0125. The van der Waals surface area contributed by atoms with Crippen LogP contribution in [-0.2, 0) is 11.2 Å². The molecule has 0 fully saturated rings. The van der Waals surface area contributed by atoms with E-state index in [2.05, 4.69) is 32.6 Å². The molecular formula is C25H37F3O2S. The van der Waals surface area contributed by atoms with Gasteiger partial charge < -0.3 is 4.74 Å². The average molecular weight is 459 g/mol. The predicted molar refractivity (Wildman–Crippen MR) is 129 cm³/mol. The summed E-state index contributed by atoms with van der Waals surface area (Å²) >= 11 is 1.21. The lowest BCUT2D eigenvalue weighted by atomic mass is 10.0. The van der Waals surface area contributed by atoms with Gasteiger partial charge in [-0.15, -0.1) is 11.8 Å². The number of alkyl halides is 3. The van der Waals surface area contributed by atoms with Crippen molar-refractivity contribution >= 4 is 17.5 Å². The number of benzene rings is 1. The fourth-order valence-corrected chi connectivity index (χ4v) is 2.86. The molecular weight excluding hydrogens is 421 g/mol. The Bertz CT molecular complexity index is 720. The second-order valence-electron chi connectivity index (χ2n) is 6.44. The molecule has 31 heavy (non-hydrogen) atoms. The number of aryl methyl sites for hydroxylation is 1. The van der Waals surface area contributed by atoms with Crippen molar-refractivity contribution in [1.29, 1.82) is 0 Å². The molecule has 0 aliphatic carbocycles. The van der Waals surface area contributed by atoms with Gasteiger partial charge in [-0.05, 0) is 61.8 Å². The number of carbonyl (C=O) groups excluding carboxylic acids is 1. The van der Waals surface area contributed by atoms with E-state index in [1.807, 2.05) is 19.9 Å². The van der Waals surface area contributed by atoms with E-state index in [0.29, 0.717) is 4.91 Å². The van der Waals surface area contributed by atoms with Crippen LogP contribution >= 0.6 is 11.8 Å². The van der Waals surface area contributed by atoms with E-state index in [-0.39, 0.29) is 11.5 Å². The van der Waals surface area contributed by atoms with Gasteiger partial charge in [-0.2, -0.15) is 13.2 Å². The maximum atomic E-state index is 12.3. The zero-order valence-electron chi connectivity index (χ0n) is 19.9. The van der Waals surface area contributed by atoms with E-state index in [4.69, 9.17) is 4.74 Å². The molecule has 1 rings (SSSR count). The Hall–Kier alpha value is -1.95. The molecule has 0 amide bonds. The Balaban J connectivity index is 0. The first-order valence-electron chi connectivity index (χ1n) is 10.4. The van der Waals surface area contributed by atoms with Crippen LogP contribution in [0, 0.1) is 6.92 Å². The highest BCUT2D eigenvalue weighted by Crippen LogP contribution is 2.27. The van der Waals surface area contributed by atoms with Crippen LogP contribution in [0.1, 0.15) is 58.6 Å². The van der Waals surface area contributed by atoms with Crippen LogP contribution in [0.5, 0.6) is 5.75 Å². The molecule has 0 aliphatic rings. The third kappa shape index (κ3) is 14.6. The number of hydrogen-bond donors (Lipinski definition) is 0. The molecule has 0 atom stereocenters. The molecule has 0 N–H and O–H groups in total. The van der Waals surface area contributed by atoms with Gasteiger partial charge in [0.25, 0.3) is 0 Å². The van der Waals surface area contributed by atoms with Gasteiger partial charge in [0.15, 0.2) is 0 Å². The lowest BCUT2D eigenvalue weighted by Gasteiger charge is -2.09. The highest BCUT2D eigenvalue weighted by atomic mass is 32.2. The fourth-order valence-electron chi connectivity index (χ4n) is 2.27. The largest absolute Gasteiger partial charge is 0.496 e. The standard InChI is InChI=1S/C12H18O.C11H13F3OS.C2H6/c1-4-5-7-11-8-6-9-12(13-3)10(11)2;1-4-10(11(12,13)14)6-5-9(3)16-7-8(2)15;1-2/h6,8-9H,4-5,7H2,1-3H3;4-6H,1,7H2,2-3H3;1-2H3/b;9-5+,10-6+;. The summed E-state index contributed by atoms with van der Waals surface area (Å²) in [6.45, 7) is 14.5. The van der Waals surface area contributed by atoms with E-state index >= 15 is 0 Å². The van der Waals surface area contributed by atoms with Gasteiger partial charge >= 0.3 is 6.18 Å². The van der Waals surface area contributed by atoms with Crippen LogP contribution in [-0.4, -0.2) is 24.8 Å². The molecule has 1 aromatic rings. The quantitative estimate of drug-likeness (QED) is 0.348. The monoisotopic (exact) mass is 458 g/mol. The van der Waals surface area contributed by atoms with E-state index in [0.717, 1.165) is 17.9 Å². The molecule has 0 aliphatic heterocycles. The molecule has 0 spiro atoms. The lowest BCUT2D eigenvalue weighted by molar-refractivity contribution is -0.114. The molecule has 1 aromatic carbocycles. The van der Waals surface area contributed by atoms with Crippen LogP contribution in [0.3, 0.4) is 0 Å². The summed E-state index contributed by atoms with van der Waals surface area (Å²) in [6, 6.07) is 6.27. The first kappa shape index (κ1) is 31.2. The number of ether oxygens (including phenoxy) is 1. The van der Waals surface area contributed by atoms with Crippen molar-refractivity contribution < 1.29 is 22.7 Å². The van der Waals surface area contributed by atoms with E-state index in [1.165, 1.54) is 55.2 Å². The fraction of sp³-hybridized carbons (Fsp3) is 0.480. The minimum Gasteiger partial charge on any atom is -0.496 e. The number of carbonyl (C=O) groups is 1. The van der Waals surface area contributed by atoms with Crippen molar-refractivity contribution in [1.82, 2.24) is 0 Å². The number of thioether (sulfide) groups is 1. The summed E-state index contributed by atoms with van der Waals surface area (Å²) in [5.41, 5.74) is 1.91. The number of Topliss-reactive ketones (excluding diaryl/α,β-unsaturated/α-hetero) is 1. The normalized spacial score (nSPS) is 11.5. The maximum absolute atomic E-state index is 12.3. The molecule has 0 unspecified atom stereocenters. The van der Waals surface area contributed by atoms with Crippen LogP contribution in [0.2, 0.25) is 0 Å². The molecule has 0 saturated heterocycles. The smallest absolute Gasteiger partial charge is 0.416 e. The predicted octanol–water partition coefficient (Wildman–Crippen LogP) is 8.26. The van der Waals surface area contributed by atoms with Crippen molar-refractivity contribution in [2.75, 3.05) is 12.9 Å². The summed E-state index contributed by atoms with van der Waals surface area (Å²) in [4.78, 5) is 11.3. The number of halogens is 3. The van der Waals surface area contributed by atoms with Crippen molar-refractivity contribution in [3.63, 3.8) is 0 Å². The molecule has 2 nitrogen and oxygen atoms in total. The third-order valence-corrected chi connectivity index (χ3v) is 5.11. The Kier molecular flexibility index (Phi) is 17.8. The molecule has 176 valence electrons. The minimum atomic E-state index is -4.39. The summed E-state index contributed by atoms with van der Waals surface area (Å²) in [5.74, 6) is 1.26. The van der Waals surface area contributed by atoms with Gasteiger partial charge in [-0.1, -0.05) is 58.1 Å². The molecule has 0 bridgehead atoms. The second-order valence-corrected chi connectivity index (χ2v) is 7.66. The third-order valence-electron chi connectivity index (χ3n) is 3.96. The number of allylic oxidation sites excluding steroid dienone is 5. The summed E-state index contributed by atoms with van der Waals surface area (Å²) in [6.07, 6.45) is 2.33. The van der Waals surface area contributed by atoms with Crippen molar-refractivity contribution in [2.24, 2.45) is 0 Å². The van der Waals surface area contributed by atoms with Gasteiger partial charge in [0.05, 0.1) is 18.4 Å². The Morgan fingerprint density at radius 2 is 1.81 bits per heavy atom. The first-order valence-corrected chi connectivity index (χ1v) is 11.4. The van der Waals surface area contributed by atoms with Crippen LogP contribution in [0.4, 0.5) is 13.2 Å². The van der Waals surface area contributed by atoms with Gasteiger partial charge in [-0.3, -0.25) is 4.79 Å². The highest BCUT2D eigenvalue weighted by molar-refractivity contribution is 8.03. The molecule has 0 heterocycles. The average Bonchev–Trinajstić information content (AvgIpc) is 2.73. The van der Waals surface area contributed by atoms with Gasteiger partial charge in [-0.25, -0.2) is 0 Å². The van der Waals surface area contributed by atoms with Crippen LogP contribution in [0.15, 0.2) is 53.5 Å². The zero-order valence-corrected chi connectivity index (χ0v) is 20.7. The van der Waals surface area contributed by atoms with Crippen molar-refractivity contribution in [3.8, 4) is 5.75 Å². The zero-order chi connectivity index (χ0) is 24.4. The number of hydrogen-bond acceptors (Lipinski definition) is 3. The number of methoxy groups -OCH3 is 1. The second kappa shape index (κ2) is 17.7. The number of ketones is 1. The molecule has 0 saturated carbocycles. The summed E-state index contributed by atoms with van der Waals surface area (Å²) < 4.78 is 42.0. The summed E-state index contributed by atoms with van der Waals surface area (Å²) in [5, 5.41) is 0. The maximum Gasteiger partial charge on any atom is 0.416 e. The Morgan fingerprint density at radius 1 is 1.19 bits per heavy atom. The van der Waals surface area contributed by atoms with Crippen LogP contribution in [0.25, 0.3) is 0 Å². The molecule has 0 aromatic heterocycles. The van der Waals surface area contributed by atoms with Gasteiger partial charge in [0, 0.05) is 0 Å². The highest BCUT2D eigenvalue weighted by Gasteiger charge is 2.30.